The highest BCUT2D eigenvalue weighted by atomic mass is 32.2. The van der Waals surface area contributed by atoms with Gasteiger partial charge in [0, 0.05) is 5.56 Å². The molecule has 0 spiro atoms. The molecule has 0 bridgehead atoms. The first kappa shape index (κ1) is 16.6. The van der Waals surface area contributed by atoms with E-state index in [4.69, 9.17) is 5.73 Å². The average Bonchev–Trinajstić information content (AvgIpc) is 2.78. The standard InChI is InChI=1S/C15H17NO4S2/c1-9-3-5-12(10(9)2)13-6-4-11(15(16)17)7-14(13)22(19,20)8-21-18/h4,6-8,10,12H,1,3,5H2,2H3,(H2,16,17). The summed E-state index contributed by atoms with van der Waals surface area (Å²) in [4.78, 5) is 11.3. The van der Waals surface area contributed by atoms with E-state index in [1.165, 1.54) is 12.1 Å². The van der Waals surface area contributed by atoms with Crippen LogP contribution in [0.4, 0.5) is 0 Å². The lowest BCUT2D eigenvalue weighted by atomic mass is 9.88. The van der Waals surface area contributed by atoms with E-state index >= 15 is 0 Å². The summed E-state index contributed by atoms with van der Waals surface area (Å²) in [6, 6.07) is 4.40. The van der Waals surface area contributed by atoms with Crippen molar-refractivity contribution in [2.24, 2.45) is 11.7 Å². The maximum Gasteiger partial charge on any atom is 0.248 e. The number of rotatable bonds is 4. The number of benzene rings is 1. The van der Waals surface area contributed by atoms with Crippen LogP contribution >= 0.6 is 0 Å². The Hall–Kier alpha value is -1.73. The molecule has 1 saturated carbocycles. The fourth-order valence-electron chi connectivity index (χ4n) is 2.87. The quantitative estimate of drug-likeness (QED) is 0.666. The second-order valence-electron chi connectivity index (χ2n) is 5.45. The number of hydrogen-bond acceptors (Lipinski definition) is 4. The summed E-state index contributed by atoms with van der Waals surface area (Å²) in [5.41, 5.74) is 7.03. The van der Waals surface area contributed by atoms with Crippen LogP contribution in [-0.2, 0) is 21.1 Å². The lowest BCUT2D eigenvalue weighted by Crippen LogP contribution is -2.16. The summed E-state index contributed by atoms with van der Waals surface area (Å²) < 4.78 is 36.0. The van der Waals surface area contributed by atoms with Gasteiger partial charge in [-0.3, -0.25) is 4.79 Å². The predicted molar refractivity (Wildman–Crippen MR) is 86.6 cm³/mol. The van der Waals surface area contributed by atoms with Crippen molar-refractivity contribution in [2.45, 2.75) is 30.6 Å². The predicted octanol–water partition coefficient (Wildman–Crippen LogP) is 1.60. The Bertz CT molecular complexity index is 792. The molecule has 1 fully saturated rings. The van der Waals surface area contributed by atoms with Crippen LogP contribution in [0, 0.1) is 5.92 Å². The molecule has 1 aliphatic rings. The van der Waals surface area contributed by atoms with E-state index in [1.54, 1.807) is 6.07 Å². The first-order chi connectivity index (χ1) is 10.3. The fourth-order valence-corrected chi connectivity index (χ4v) is 4.54. The van der Waals surface area contributed by atoms with E-state index in [1.807, 2.05) is 6.92 Å². The molecular weight excluding hydrogens is 322 g/mol. The Balaban J connectivity index is 2.66. The minimum absolute atomic E-state index is 0.00394. The van der Waals surface area contributed by atoms with Crippen molar-refractivity contribution >= 4 is 31.7 Å². The van der Waals surface area contributed by atoms with Gasteiger partial charge in [-0.05, 0) is 42.4 Å². The first-order valence-electron chi connectivity index (χ1n) is 6.76. The van der Waals surface area contributed by atoms with Crippen LogP contribution < -0.4 is 5.73 Å². The van der Waals surface area contributed by atoms with Crippen LogP contribution in [-0.4, -0.2) is 23.2 Å². The fraction of sp³-hybridized carbons (Fsp3) is 0.333. The molecule has 22 heavy (non-hydrogen) atoms. The third-order valence-corrected chi connectivity index (χ3v) is 6.49. The van der Waals surface area contributed by atoms with Crippen molar-refractivity contribution in [3.8, 4) is 0 Å². The van der Waals surface area contributed by atoms with E-state index in [-0.39, 0.29) is 33.6 Å². The molecule has 2 N–H and O–H groups in total. The van der Waals surface area contributed by atoms with Crippen LogP contribution in [0.3, 0.4) is 0 Å². The number of amides is 1. The third kappa shape index (κ3) is 3.05. The van der Waals surface area contributed by atoms with Crippen molar-refractivity contribution in [1.29, 1.82) is 0 Å². The molecule has 7 heteroatoms. The molecule has 2 rings (SSSR count). The van der Waals surface area contributed by atoms with Gasteiger partial charge in [-0.1, -0.05) is 25.1 Å². The summed E-state index contributed by atoms with van der Waals surface area (Å²) in [6.45, 7) is 6.00. The molecule has 2 unspecified atom stereocenters. The highest BCUT2D eigenvalue weighted by Crippen LogP contribution is 2.44. The van der Waals surface area contributed by atoms with E-state index in [0.29, 0.717) is 10.3 Å². The zero-order chi connectivity index (χ0) is 16.5. The van der Waals surface area contributed by atoms with Gasteiger partial charge in [-0.2, -0.15) is 0 Å². The van der Waals surface area contributed by atoms with Crippen LogP contribution in [0.2, 0.25) is 0 Å². The van der Waals surface area contributed by atoms with Crippen LogP contribution in [0.15, 0.2) is 35.2 Å². The van der Waals surface area contributed by atoms with Crippen molar-refractivity contribution in [1.82, 2.24) is 0 Å². The smallest absolute Gasteiger partial charge is 0.248 e. The van der Waals surface area contributed by atoms with Crippen LogP contribution in [0.5, 0.6) is 0 Å². The summed E-state index contributed by atoms with van der Waals surface area (Å²) in [6.07, 6.45) is 1.63. The Morgan fingerprint density at radius 1 is 1.45 bits per heavy atom. The number of carbonyl (C=O) groups is 1. The summed E-state index contributed by atoms with van der Waals surface area (Å²) in [5, 5.41) is 0. The molecule has 1 aliphatic carbocycles. The lowest BCUT2D eigenvalue weighted by Gasteiger charge is -2.19. The van der Waals surface area contributed by atoms with Gasteiger partial charge in [0.1, 0.15) is 16.0 Å². The largest absolute Gasteiger partial charge is 0.366 e. The van der Waals surface area contributed by atoms with Gasteiger partial charge >= 0.3 is 0 Å². The Morgan fingerprint density at radius 3 is 2.64 bits per heavy atom. The minimum atomic E-state index is -3.89. The molecule has 118 valence electrons. The van der Waals surface area contributed by atoms with Crippen molar-refractivity contribution in [3.63, 3.8) is 0 Å². The molecule has 0 heterocycles. The zero-order valence-electron chi connectivity index (χ0n) is 12.1. The van der Waals surface area contributed by atoms with Crippen molar-refractivity contribution < 1.29 is 17.4 Å². The highest BCUT2D eigenvalue weighted by Gasteiger charge is 2.32. The number of nitrogens with two attached hydrogens (primary N) is 1. The van der Waals surface area contributed by atoms with Gasteiger partial charge in [-0.15, -0.1) is 0 Å². The van der Waals surface area contributed by atoms with Gasteiger partial charge in [0.25, 0.3) is 0 Å². The van der Waals surface area contributed by atoms with E-state index < -0.39 is 15.7 Å². The van der Waals surface area contributed by atoms with Crippen LogP contribution in [0.25, 0.3) is 0 Å². The monoisotopic (exact) mass is 339 g/mol. The molecule has 1 aromatic carbocycles. The summed E-state index contributed by atoms with van der Waals surface area (Å²) in [5.74, 6) is -0.556. The molecule has 1 aromatic rings. The SMILES string of the molecule is C=C1CCC(c2ccc(C(N)=O)cc2S(=O)(=O)C=S=O)C1C. The average molecular weight is 339 g/mol. The number of carbonyl (C=O) groups excluding carboxylic acids is 1. The maximum absolute atomic E-state index is 12.3. The van der Waals surface area contributed by atoms with Gasteiger partial charge in [0.05, 0.1) is 4.90 Å². The molecule has 1 amide bonds. The van der Waals surface area contributed by atoms with Gasteiger partial charge in [0.2, 0.25) is 15.7 Å². The summed E-state index contributed by atoms with van der Waals surface area (Å²) >= 11 is -0.126. The van der Waals surface area contributed by atoms with Crippen molar-refractivity contribution in [3.05, 3.63) is 41.5 Å². The topological polar surface area (TPSA) is 94.3 Å². The molecule has 0 saturated heterocycles. The first-order valence-corrected chi connectivity index (χ1v) is 9.11. The Kier molecular flexibility index (Phi) is 4.67. The van der Waals surface area contributed by atoms with E-state index in [0.717, 1.165) is 18.4 Å². The Labute approximate surface area is 133 Å². The molecule has 0 aliphatic heterocycles. The molecular formula is C15H17NO4S2. The molecule has 5 nitrogen and oxygen atoms in total. The minimum Gasteiger partial charge on any atom is -0.366 e. The number of sulfone groups is 1. The summed E-state index contributed by atoms with van der Waals surface area (Å²) in [7, 11) is -3.89. The number of primary amides is 1. The van der Waals surface area contributed by atoms with Gasteiger partial charge in [-0.25, -0.2) is 12.6 Å². The molecule has 0 radical (unpaired) electrons. The number of hydrogen-bond donors (Lipinski definition) is 1. The molecule has 2 atom stereocenters. The Morgan fingerprint density at radius 2 is 2.14 bits per heavy atom. The normalized spacial score (nSPS) is 21.6. The maximum atomic E-state index is 12.3. The number of allylic oxidation sites excluding steroid dienone is 1. The zero-order valence-corrected chi connectivity index (χ0v) is 13.7. The second kappa shape index (κ2) is 6.18. The van der Waals surface area contributed by atoms with E-state index in [2.05, 4.69) is 6.58 Å². The van der Waals surface area contributed by atoms with Gasteiger partial charge < -0.3 is 5.73 Å². The van der Waals surface area contributed by atoms with E-state index in [9.17, 15) is 17.4 Å². The lowest BCUT2D eigenvalue weighted by molar-refractivity contribution is 0.1000. The molecule has 0 aromatic heterocycles. The highest BCUT2D eigenvalue weighted by molar-refractivity contribution is 8.12. The third-order valence-electron chi connectivity index (χ3n) is 4.19. The van der Waals surface area contributed by atoms with Gasteiger partial charge in [0.15, 0.2) is 0 Å². The van der Waals surface area contributed by atoms with Crippen LogP contribution in [0.1, 0.15) is 41.6 Å². The second-order valence-corrected chi connectivity index (χ2v) is 7.94. The van der Waals surface area contributed by atoms with Crippen molar-refractivity contribution in [2.75, 3.05) is 0 Å².